The summed E-state index contributed by atoms with van der Waals surface area (Å²) in [5.74, 6) is -1.87. The minimum Gasteiger partial charge on any atom is -0.480 e. The first kappa shape index (κ1) is 18.5. The molecule has 1 aromatic rings. The van der Waals surface area contributed by atoms with Crippen LogP contribution in [0.1, 0.15) is 30.1 Å². The normalized spacial score (nSPS) is 18.3. The zero-order valence-corrected chi connectivity index (χ0v) is 14.8. The molecule has 0 spiro atoms. The van der Waals surface area contributed by atoms with E-state index in [0.717, 1.165) is 4.90 Å². The minimum absolute atomic E-state index is 0.234. The highest BCUT2D eigenvalue weighted by atomic mass is 35.5. The van der Waals surface area contributed by atoms with E-state index in [9.17, 15) is 14.4 Å². The Hall–Kier alpha value is -1.79. The quantitative estimate of drug-likeness (QED) is 0.880. The Balaban J connectivity index is 2.24. The van der Waals surface area contributed by atoms with Gasteiger partial charge in [-0.3, -0.25) is 9.59 Å². The Kier molecular flexibility index (Phi) is 5.72. The lowest BCUT2D eigenvalue weighted by Gasteiger charge is -2.30. The number of carboxylic acid groups (broad SMARTS) is 1. The van der Waals surface area contributed by atoms with Crippen LogP contribution in [-0.4, -0.2) is 58.4 Å². The van der Waals surface area contributed by atoms with Crippen LogP contribution in [0.2, 0.25) is 10.0 Å². The molecule has 24 heavy (non-hydrogen) atoms. The number of nitrogens with zero attached hydrogens (tertiary/aromatic N) is 2. The summed E-state index contributed by atoms with van der Waals surface area (Å²) in [6.07, 6.45) is 1.15. The fourth-order valence-electron chi connectivity index (χ4n) is 2.67. The molecular weight excluding hydrogens is 355 g/mol. The maximum atomic E-state index is 12.8. The number of aliphatic carboxylic acids is 1. The van der Waals surface area contributed by atoms with Crippen molar-refractivity contribution in [1.29, 1.82) is 0 Å². The first-order chi connectivity index (χ1) is 11.2. The van der Waals surface area contributed by atoms with Crippen LogP contribution in [0.5, 0.6) is 0 Å². The highest BCUT2D eigenvalue weighted by Crippen LogP contribution is 2.27. The molecule has 0 saturated carbocycles. The first-order valence-corrected chi connectivity index (χ1v) is 8.25. The van der Waals surface area contributed by atoms with Crippen LogP contribution in [0.3, 0.4) is 0 Å². The highest BCUT2D eigenvalue weighted by molar-refractivity contribution is 6.35. The van der Waals surface area contributed by atoms with Crippen molar-refractivity contribution in [3.63, 3.8) is 0 Å². The van der Waals surface area contributed by atoms with Crippen LogP contribution in [0.4, 0.5) is 0 Å². The molecule has 2 atom stereocenters. The fraction of sp³-hybridized carbons (Fsp3) is 0.438. The van der Waals surface area contributed by atoms with Gasteiger partial charge in [0.25, 0.3) is 5.91 Å². The van der Waals surface area contributed by atoms with Crippen molar-refractivity contribution in [2.45, 2.75) is 31.8 Å². The second kappa shape index (κ2) is 7.40. The lowest BCUT2D eigenvalue weighted by Crippen LogP contribution is -2.50. The van der Waals surface area contributed by atoms with E-state index in [1.807, 2.05) is 0 Å². The van der Waals surface area contributed by atoms with Crippen molar-refractivity contribution in [3.05, 3.63) is 33.8 Å². The van der Waals surface area contributed by atoms with Crippen LogP contribution in [0, 0.1) is 0 Å². The SMILES string of the molecule is CC(C(=O)O)N(C)C(=O)C1CCCN1C(=O)c1cc(Cl)ccc1Cl. The van der Waals surface area contributed by atoms with Crippen molar-refractivity contribution >= 4 is 41.0 Å². The molecule has 1 fully saturated rings. The van der Waals surface area contributed by atoms with Gasteiger partial charge in [-0.1, -0.05) is 23.2 Å². The average molecular weight is 373 g/mol. The topological polar surface area (TPSA) is 77.9 Å². The molecular formula is C16H18Cl2N2O4. The number of benzene rings is 1. The highest BCUT2D eigenvalue weighted by Gasteiger charge is 2.38. The molecule has 2 unspecified atom stereocenters. The summed E-state index contributed by atoms with van der Waals surface area (Å²) in [4.78, 5) is 39.0. The van der Waals surface area contributed by atoms with E-state index in [0.29, 0.717) is 24.4 Å². The standard InChI is InChI=1S/C16H18Cl2N2O4/c1-9(16(23)24)19(2)15(22)13-4-3-7-20(13)14(21)11-8-10(17)5-6-12(11)18/h5-6,8-9,13H,3-4,7H2,1-2H3,(H,23,24). The van der Waals surface area contributed by atoms with Gasteiger partial charge in [-0.15, -0.1) is 0 Å². The lowest BCUT2D eigenvalue weighted by atomic mass is 10.1. The number of rotatable bonds is 4. The van der Waals surface area contributed by atoms with Crippen LogP contribution < -0.4 is 0 Å². The summed E-state index contributed by atoms with van der Waals surface area (Å²) < 4.78 is 0. The van der Waals surface area contributed by atoms with E-state index in [-0.39, 0.29) is 16.5 Å². The largest absolute Gasteiger partial charge is 0.480 e. The Morgan fingerprint density at radius 3 is 2.62 bits per heavy atom. The summed E-state index contributed by atoms with van der Waals surface area (Å²) in [5, 5.41) is 9.69. The van der Waals surface area contributed by atoms with Gasteiger partial charge in [-0.25, -0.2) is 4.79 Å². The number of carbonyl (C=O) groups excluding carboxylic acids is 2. The molecule has 2 rings (SSSR count). The van der Waals surface area contributed by atoms with E-state index < -0.39 is 24.0 Å². The molecule has 0 bridgehead atoms. The van der Waals surface area contributed by atoms with Crippen molar-refractivity contribution in [2.75, 3.05) is 13.6 Å². The van der Waals surface area contributed by atoms with Gasteiger partial charge in [0.2, 0.25) is 5.91 Å². The van der Waals surface area contributed by atoms with Crippen LogP contribution in [0.25, 0.3) is 0 Å². The van der Waals surface area contributed by atoms with Gasteiger partial charge in [0.05, 0.1) is 10.6 Å². The van der Waals surface area contributed by atoms with E-state index in [4.69, 9.17) is 28.3 Å². The van der Waals surface area contributed by atoms with Gasteiger partial charge in [-0.2, -0.15) is 0 Å². The molecule has 6 nitrogen and oxygen atoms in total. The number of carboxylic acids is 1. The van der Waals surface area contributed by atoms with E-state index in [1.54, 1.807) is 6.07 Å². The molecule has 1 heterocycles. The van der Waals surface area contributed by atoms with E-state index >= 15 is 0 Å². The Morgan fingerprint density at radius 1 is 1.33 bits per heavy atom. The number of carbonyl (C=O) groups is 3. The summed E-state index contributed by atoms with van der Waals surface area (Å²) in [5.41, 5.74) is 0.234. The molecule has 1 aliphatic heterocycles. The van der Waals surface area contributed by atoms with Gasteiger partial charge in [0, 0.05) is 18.6 Å². The molecule has 2 amide bonds. The summed E-state index contributed by atoms with van der Waals surface area (Å²) in [6, 6.07) is 2.91. The van der Waals surface area contributed by atoms with Gasteiger partial charge < -0.3 is 14.9 Å². The van der Waals surface area contributed by atoms with Crippen molar-refractivity contribution in [2.24, 2.45) is 0 Å². The first-order valence-electron chi connectivity index (χ1n) is 7.49. The van der Waals surface area contributed by atoms with E-state index in [1.165, 1.54) is 31.0 Å². The molecule has 130 valence electrons. The summed E-state index contributed by atoms with van der Waals surface area (Å²) >= 11 is 12.0. The fourth-order valence-corrected chi connectivity index (χ4v) is 3.04. The second-order valence-electron chi connectivity index (χ2n) is 5.74. The van der Waals surface area contributed by atoms with Crippen molar-refractivity contribution < 1.29 is 19.5 Å². The Labute approximate surface area is 149 Å². The molecule has 1 aromatic carbocycles. The number of hydrogen-bond acceptors (Lipinski definition) is 3. The Bertz CT molecular complexity index is 680. The maximum Gasteiger partial charge on any atom is 0.326 e. The molecule has 1 saturated heterocycles. The number of hydrogen-bond donors (Lipinski definition) is 1. The monoisotopic (exact) mass is 372 g/mol. The van der Waals surface area contributed by atoms with Gasteiger partial charge >= 0.3 is 5.97 Å². The minimum atomic E-state index is -1.10. The lowest BCUT2D eigenvalue weighted by molar-refractivity contribution is -0.149. The zero-order chi connectivity index (χ0) is 18.0. The van der Waals surface area contributed by atoms with E-state index in [2.05, 4.69) is 0 Å². The number of amides is 2. The zero-order valence-electron chi connectivity index (χ0n) is 13.3. The third kappa shape index (κ3) is 3.65. The molecule has 1 aliphatic rings. The van der Waals surface area contributed by atoms with Crippen molar-refractivity contribution in [1.82, 2.24) is 9.80 Å². The smallest absolute Gasteiger partial charge is 0.326 e. The maximum absolute atomic E-state index is 12.8. The van der Waals surface area contributed by atoms with Crippen LogP contribution >= 0.6 is 23.2 Å². The Morgan fingerprint density at radius 2 is 2.00 bits per heavy atom. The number of likely N-dealkylation sites (tertiary alicyclic amines) is 1. The van der Waals surface area contributed by atoms with Gasteiger partial charge in [0.15, 0.2) is 0 Å². The number of likely N-dealkylation sites (N-methyl/N-ethyl adjacent to an activating group) is 1. The second-order valence-corrected chi connectivity index (χ2v) is 6.59. The third-order valence-electron chi connectivity index (χ3n) is 4.24. The number of halogens is 2. The average Bonchev–Trinajstić information content (AvgIpc) is 3.03. The molecule has 1 N–H and O–H groups in total. The summed E-state index contributed by atoms with van der Waals surface area (Å²) in [6.45, 7) is 1.84. The molecule has 0 aliphatic carbocycles. The predicted octanol–water partition coefficient (Wildman–Crippen LogP) is 2.53. The van der Waals surface area contributed by atoms with Gasteiger partial charge in [-0.05, 0) is 38.0 Å². The van der Waals surface area contributed by atoms with Crippen LogP contribution in [-0.2, 0) is 9.59 Å². The summed E-state index contributed by atoms with van der Waals surface area (Å²) in [7, 11) is 1.43. The third-order valence-corrected chi connectivity index (χ3v) is 4.81. The molecule has 0 radical (unpaired) electrons. The van der Waals surface area contributed by atoms with Crippen LogP contribution in [0.15, 0.2) is 18.2 Å². The van der Waals surface area contributed by atoms with Gasteiger partial charge in [0.1, 0.15) is 12.1 Å². The molecule has 0 aromatic heterocycles. The predicted molar refractivity (Wildman–Crippen MR) is 90.4 cm³/mol. The molecule has 8 heteroatoms. The van der Waals surface area contributed by atoms with Crippen molar-refractivity contribution in [3.8, 4) is 0 Å².